The van der Waals surface area contributed by atoms with E-state index in [9.17, 15) is 0 Å². The molecule has 0 fully saturated rings. The van der Waals surface area contributed by atoms with Crippen molar-refractivity contribution >= 4 is 5.69 Å². The third-order valence-electron chi connectivity index (χ3n) is 4.80. The lowest BCUT2D eigenvalue weighted by Crippen LogP contribution is -2.29. The summed E-state index contributed by atoms with van der Waals surface area (Å²) in [5, 5.41) is 3.76. The summed E-state index contributed by atoms with van der Waals surface area (Å²) in [6.07, 6.45) is 5.83. The van der Waals surface area contributed by atoms with Crippen LogP contribution in [0.1, 0.15) is 36.4 Å². The quantitative estimate of drug-likeness (QED) is 0.811. The van der Waals surface area contributed by atoms with Gasteiger partial charge in [0, 0.05) is 11.6 Å². The highest BCUT2D eigenvalue weighted by Crippen LogP contribution is 2.50. The lowest BCUT2D eigenvalue weighted by atomic mass is 9.77. The maximum Gasteiger partial charge on any atom is 0.119 e. The van der Waals surface area contributed by atoms with Crippen molar-refractivity contribution in [2.24, 2.45) is 5.92 Å². The van der Waals surface area contributed by atoms with Crippen molar-refractivity contribution in [3.8, 4) is 5.75 Å². The average Bonchev–Trinajstić information content (AvgIpc) is 3.05. The monoisotopic (exact) mass is 291 g/mol. The highest BCUT2D eigenvalue weighted by atomic mass is 16.5. The Morgan fingerprint density at radius 3 is 2.82 bits per heavy atom. The zero-order chi connectivity index (χ0) is 14.9. The lowest BCUT2D eigenvalue weighted by molar-refractivity contribution is 0.338. The second-order valence-corrected chi connectivity index (χ2v) is 6.07. The summed E-state index contributed by atoms with van der Waals surface area (Å²) in [7, 11) is 0. The number of rotatable bonds is 3. The first kappa shape index (κ1) is 13.4. The standard InChI is InChI=1S/C20H21NO/c1-2-22-15-11-12-19-18(13-15)16-9-6-10-17(16)20(21-19)14-7-4-3-5-8-14/h3-9,11-13,16-17,20-21H,2,10H2,1H3/t16-,17+,20-/m1/s1. The van der Waals surface area contributed by atoms with Crippen LogP contribution in [-0.4, -0.2) is 6.61 Å². The molecule has 0 amide bonds. The van der Waals surface area contributed by atoms with Gasteiger partial charge in [-0.1, -0.05) is 42.5 Å². The van der Waals surface area contributed by atoms with Crippen LogP contribution in [0.2, 0.25) is 0 Å². The molecule has 2 aliphatic rings. The molecule has 0 aromatic heterocycles. The van der Waals surface area contributed by atoms with Crippen LogP contribution in [0.15, 0.2) is 60.7 Å². The predicted molar refractivity (Wildman–Crippen MR) is 90.4 cm³/mol. The van der Waals surface area contributed by atoms with E-state index in [0.717, 1.165) is 12.2 Å². The van der Waals surface area contributed by atoms with Gasteiger partial charge in [-0.15, -0.1) is 0 Å². The summed E-state index contributed by atoms with van der Waals surface area (Å²) in [5.74, 6) is 2.05. The van der Waals surface area contributed by atoms with Crippen LogP contribution in [-0.2, 0) is 0 Å². The SMILES string of the molecule is CCOc1ccc2c(c1)[C@@H]1C=CC[C@@H]1[C@@H](c1ccccc1)N2. The first-order chi connectivity index (χ1) is 10.9. The van der Waals surface area contributed by atoms with E-state index in [1.807, 2.05) is 6.92 Å². The van der Waals surface area contributed by atoms with Gasteiger partial charge in [-0.25, -0.2) is 0 Å². The largest absolute Gasteiger partial charge is 0.494 e. The molecular formula is C20H21NO. The number of hydrogen-bond donors (Lipinski definition) is 1. The Balaban J connectivity index is 1.74. The number of allylic oxidation sites excluding steroid dienone is 2. The van der Waals surface area contributed by atoms with E-state index in [0.29, 0.717) is 24.5 Å². The topological polar surface area (TPSA) is 21.3 Å². The fraction of sp³-hybridized carbons (Fsp3) is 0.300. The van der Waals surface area contributed by atoms with Crippen LogP contribution in [0.3, 0.4) is 0 Å². The Hall–Kier alpha value is -2.22. The number of fused-ring (bicyclic) bond motifs is 3. The van der Waals surface area contributed by atoms with Gasteiger partial charge >= 0.3 is 0 Å². The highest BCUT2D eigenvalue weighted by molar-refractivity contribution is 5.61. The zero-order valence-corrected chi connectivity index (χ0v) is 12.8. The smallest absolute Gasteiger partial charge is 0.119 e. The van der Waals surface area contributed by atoms with Crippen molar-refractivity contribution in [3.63, 3.8) is 0 Å². The first-order valence-electron chi connectivity index (χ1n) is 8.11. The summed E-state index contributed by atoms with van der Waals surface area (Å²) in [5.41, 5.74) is 3.99. The van der Waals surface area contributed by atoms with E-state index >= 15 is 0 Å². The molecule has 1 aliphatic carbocycles. The van der Waals surface area contributed by atoms with E-state index in [1.165, 1.54) is 16.8 Å². The van der Waals surface area contributed by atoms with E-state index in [4.69, 9.17) is 4.74 Å². The van der Waals surface area contributed by atoms with Crippen molar-refractivity contribution in [1.82, 2.24) is 0 Å². The molecule has 0 radical (unpaired) electrons. The summed E-state index contributed by atoms with van der Waals surface area (Å²) >= 11 is 0. The Morgan fingerprint density at radius 2 is 2.00 bits per heavy atom. The van der Waals surface area contributed by atoms with Crippen molar-refractivity contribution in [3.05, 3.63) is 71.8 Å². The Labute approximate surface area is 131 Å². The van der Waals surface area contributed by atoms with Gasteiger partial charge in [0.1, 0.15) is 5.75 Å². The lowest BCUT2D eigenvalue weighted by Gasteiger charge is -2.37. The molecule has 0 saturated heterocycles. The molecule has 1 heterocycles. The van der Waals surface area contributed by atoms with Gasteiger partial charge in [0.25, 0.3) is 0 Å². The van der Waals surface area contributed by atoms with E-state index in [1.54, 1.807) is 0 Å². The number of nitrogens with one attached hydrogen (secondary N) is 1. The van der Waals surface area contributed by atoms with Gasteiger partial charge in [-0.3, -0.25) is 0 Å². The molecule has 1 aliphatic heterocycles. The minimum absolute atomic E-state index is 0.381. The van der Waals surface area contributed by atoms with E-state index < -0.39 is 0 Å². The third-order valence-corrected chi connectivity index (χ3v) is 4.80. The molecule has 4 rings (SSSR count). The van der Waals surface area contributed by atoms with Gasteiger partial charge in [-0.05, 0) is 48.6 Å². The molecule has 0 bridgehead atoms. The first-order valence-corrected chi connectivity index (χ1v) is 8.11. The molecule has 22 heavy (non-hydrogen) atoms. The average molecular weight is 291 g/mol. The maximum absolute atomic E-state index is 5.68. The van der Waals surface area contributed by atoms with Gasteiger partial charge in [0.05, 0.1) is 12.6 Å². The number of anilines is 1. The molecule has 2 nitrogen and oxygen atoms in total. The number of hydrogen-bond acceptors (Lipinski definition) is 2. The van der Waals surface area contributed by atoms with Gasteiger partial charge in [0.2, 0.25) is 0 Å². The zero-order valence-electron chi connectivity index (χ0n) is 12.8. The predicted octanol–water partition coefficient (Wildman–Crippen LogP) is 4.91. The van der Waals surface area contributed by atoms with Crippen molar-refractivity contribution < 1.29 is 4.74 Å². The van der Waals surface area contributed by atoms with Crippen LogP contribution < -0.4 is 10.1 Å². The molecular weight excluding hydrogens is 270 g/mol. The molecule has 3 atom stereocenters. The molecule has 2 heteroatoms. The normalized spacial score (nSPS) is 25.2. The fourth-order valence-electron chi connectivity index (χ4n) is 3.82. The van der Waals surface area contributed by atoms with Crippen LogP contribution in [0.25, 0.3) is 0 Å². The molecule has 1 N–H and O–H groups in total. The van der Waals surface area contributed by atoms with Crippen LogP contribution in [0.5, 0.6) is 5.75 Å². The molecule has 0 spiro atoms. The Bertz CT molecular complexity index is 692. The second kappa shape index (κ2) is 5.53. The molecule has 2 aromatic carbocycles. The Morgan fingerprint density at radius 1 is 1.14 bits per heavy atom. The van der Waals surface area contributed by atoms with E-state index in [2.05, 4.69) is 66.0 Å². The van der Waals surface area contributed by atoms with Crippen molar-refractivity contribution in [2.75, 3.05) is 11.9 Å². The van der Waals surface area contributed by atoms with Gasteiger partial charge < -0.3 is 10.1 Å². The molecule has 112 valence electrons. The third kappa shape index (κ3) is 2.19. The molecule has 0 unspecified atom stereocenters. The summed E-state index contributed by atoms with van der Waals surface area (Å²) < 4.78 is 5.68. The number of ether oxygens (including phenoxy) is 1. The van der Waals surface area contributed by atoms with Crippen LogP contribution in [0.4, 0.5) is 5.69 Å². The molecule has 2 aromatic rings. The minimum atomic E-state index is 0.381. The van der Waals surface area contributed by atoms with Crippen LogP contribution in [0, 0.1) is 5.92 Å². The van der Waals surface area contributed by atoms with Crippen molar-refractivity contribution in [2.45, 2.75) is 25.3 Å². The summed E-state index contributed by atoms with van der Waals surface area (Å²) in [6.45, 7) is 2.74. The summed E-state index contributed by atoms with van der Waals surface area (Å²) in [6, 6.07) is 17.6. The van der Waals surface area contributed by atoms with Crippen molar-refractivity contribution in [1.29, 1.82) is 0 Å². The van der Waals surface area contributed by atoms with E-state index in [-0.39, 0.29) is 0 Å². The summed E-state index contributed by atoms with van der Waals surface area (Å²) in [4.78, 5) is 0. The highest BCUT2D eigenvalue weighted by Gasteiger charge is 2.37. The minimum Gasteiger partial charge on any atom is -0.494 e. The molecule has 0 saturated carbocycles. The fourth-order valence-corrected chi connectivity index (χ4v) is 3.82. The Kier molecular flexibility index (Phi) is 3.38. The van der Waals surface area contributed by atoms with Crippen LogP contribution >= 0.6 is 0 Å². The van der Waals surface area contributed by atoms with Gasteiger partial charge in [0.15, 0.2) is 0 Å². The maximum atomic E-state index is 5.68. The number of benzene rings is 2. The van der Waals surface area contributed by atoms with Gasteiger partial charge in [-0.2, -0.15) is 0 Å². The second-order valence-electron chi connectivity index (χ2n) is 6.07.